The summed E-state index contributed by atoms with van der Waals surface area (Å²) in [4.78, 5) is 28.3. The van der Waals surface area contributed by atoms with Crippen molar-refractivity contribution in [1.29, 1.82) is 0 Å². The van der Waals surface area contributed by atoms with Gasteiger partial charge >= 0.3 is 0 Å². The SMILES string of the molecule is COc1ccc(CN(C(=O)CN(c2ccccc2OC)S(=O)(=O)c2ccccc2)C(C)C(=O)NC(C)C)cc1. The number of rotatable bonds is 12. The van der Waals surface area contributed by atoms with E-state index in [1.54, 1.807) is 80.8 Å². The maximum Gasteiger partial charge on any atom is 0.264 e. The molecule has 39 heavy (non-hydrogen) atoms. The van der Waals surface area contributed by atoms with Crippen molar-refractivity contribution < 1.29 is 27.5 Å². The van der Waals surface area contributed by atoms with Gasteiger partial charge < -0.3 is 19.7 Å². The Morgan fingerprint density at radius 3 is 2.05 bits per heavy atom. The number of nitrogens with one attached hydrogen (secondary N) is 1. The highest BCUT2D eigenvalue weighted by atomic mass is 32.2. The lowest BCUT2D eigenvalue weighted by Crippen LogP contribution is -2.52. The number of anilines is 1. The second kappa shape index (κ2) is 13.1. The van der Waals surface area contributed by atoms with Gasteiger partial charge in [-0.05, 0) is 62.7 Å². The number of amides is 2. The largest absolute Gasteiger partial charge is 0.497 e. The first-order valence-electron chi connectivity index (χ1n) is 12.5. The van der Waals surface area contributed by atoms with Gasteiger partial charge in [0.05, 0.1) is 24.8 Å². The smallest absolute Gasteiger partial charge is 0.264 e. The van der Waals surface area contributed by atoms with Crippen LogP contribution in [0.1, 0.15) is 26.3 Å². The maximum atomic E-state index is 13.9. The normalized spacial score (nSPS) is 11.9. The first kappa shape index (κ1) is 29.5. The zero-order chi connectivity index (χ0) is 28.6. The van der Waals surface area contributed by atoms with Gasteiger partial charge in [0.25, 0.3) is 10.0 Å². The Hall–Kier alpha value is -4.05. The summed E-state index contributed by atoms with van der Waals surface area (Å²) in [5.74, 6) is 0.0416. The molecule has 0 aromatic heterocycles. The lowest BCUT2D eigenvalue weighted by molar-refractivity contribution is -0.139. The topological polar surface area (TPSA) is 105 Å². The minimum absolute atomic E-state index is 0.0241. The molecule has 9 nitrogen and oxygen atoms in total. The van der Waals surface area contributed by atoms with E-state index in [0.29, 0.717) is 5.75 Å². The van der Waals surface area contributed by atoms with Gasteiger partial charge in [-0.25, -0.2) is 8.42 Å². The maximum absolute atomic E-state index is 13.9. The van der Waals surface area contributed by atoms with Crippen molar-refractivity contribution in [3.8, 4) is 11.5 Å². The second-order valence-electron chi connectivity index (χ2n) is 9.21. The Labute approximate surface area is 230 Å². The van der Waals surface area contributed by atoms with E-state index >= 15 is 0 Å². The Bertz CT molecular complexity index is 1360. The third-order valence-corrected chi connectivity index (χ3v) is 7.85. The van der Waals surface area contributed by atoms with Gasteiger partial charge in [-0.15, -0.1) is 0 Å². The third kappa shape index (κ3) is 7.29. The monoisotopic (exact) mass is 553 g/mol. The van der Waals surface area contributed by atoms with Crippen LogP contribution in [-0.2, 0) is 26.2 Å². The second-order valence-corrected chi connectivity index (χ2v) is 11.1. The van der Waals surface area contributed by atoms with Crippen LogP contribution >= 0.6 is 0 Å². The number of benzene rings is 3. The van der Waals surface area contributed by atoms with Gasteiger partial charge in [-0.3, -0.25) is 13.9 Å². The number of carbonyl (C=O) groups excluding carboxylic acids is 2. The predicted octanol–water partition coefficient (Wildman–Crippen LogP) is 3.84. The molecule has 208 valence electrons. The summed E-state index contributed by atoms with van der Waals surface area (Å²) in [5, 5.41) is 2.84. The number of carbonyl (C=O) groups is 2. The fourth-order valence-corrected chi connectivity index (χ4v) is 5.43. The highest BCUT2D eigenvalue weighted by molar-refractivity contribution is 7.92. The van der Waals surface area contributed by atoms with Gasteiger partial charge in [0.1, 0.15) is 24.1 Å². The van der Waals surface area contributed by atoms with Crippen molar-refractivity contribution in [3.05, 3.63) is 84.4 Å². The number of para-hydroxylation sites is 2. The van der Waals surface area contributed by atoms with E-state index in [1.807, 2.05) is 13.8 Å². The number of methoxy groups -OCH3 is 2. The number of hydrogen-bond acceptors (Lipinski definition) is 6. The average molecular weight is 554 g/mol. The molecule has 0 radical (unpaired) electrons. The van der Waals surface area contributed by atoms with Gasteiger partial charge in [0.2, 0.25) is 11.8 Å². The summed E-state index contributed by atoms with van der Waals surface area (Å²) >= 11 is 0. The summed E-state index contributed by atoms with van der Waals surface area (Å²) in [5.41, 5.74) is 0.962. The molecule has 10 heteroatoms. The molecule has 1 unspecified atom stereocenters. The quantitative estimate of drug-likeness (QED) is 0.365. The summed E-state index contributed by atoms with van der Waals surface area (Å²) in [6.07, 6.45) is 0. The summed E-state index contributed by atoms with van der Waals surface area (Å²) < 4.78 is 39.4. The number of sulfonamides is 1. The number of nitrogens with zero attached hydrogens (tertiary/aromatic N) is 2. The molecular formula is C29H35N3O6S. The molecule has 0 saturated heterocycles. The van der Waals surface area contributed by atoms with Crippen LogP contribution in [0.3, 0.4) is 0 Å². The number of ether oxygens (including phenoxy) is 2. The molecule has 2 amide bonds. The van der Waals surface area contributed by atoms with Crippen LogP contribution in [0.15, 0.2) is 83.8 Å². The minimum Gasteiger partial charge on any atom is -0.497 e. The molecule has 0 aliphatic carbocycles. The van der Waals surface area contributed by atoms with Gasteiger partial charge in [-0.1, -0.05) is 42.5 Å². The van der Waals surface area contributed by atoms with E-state index < -0.39 is 28.5 Å². The first-order valence-corrected chi connectivity index (χ1v) is 14.0. The van der Waals surface area contributed by atoms with Crippen LogP contribution in [0, 0.1) is 0 Å². The molecular weight excluding hydrogens is 518 g/mol. The van der Waals surface area contributed by atoms with E-state index in [0.717, 1.165) is 9.87 Å². The molecule has 0 spiro atoms. The molecule has 0 fully saturated rings. The van der Waals surface area contributed by atoms with Crippen molar-refractivity contribution in [1.82, 2.24) is 10.2 Å². The fourth-order valence-electron chi connectivity index (χ4n) is 3.98. The zero-order valence-electron chi connectivity index (χ0n) is 22.8. The van der Waals surface area contributed by atoms with Gasteiger partial charge in [0, 0.05) is 12.6 Å². The molecule has 0 saturated carbocycles. The van der Waals surface area contributed by atoms with Gasteiger partial charge in [0.15, 0.2) is 0 Å². The molecule has 3 aromatic rings. The molecule has 3 rings (SSSR count). The lowest BCUT2D eigenvalue weighted by atomic mass is 10.1. The molecule has 0 aliphatic heterocycles. The Morgan fingerprint density at radius 1 is 0.846 bits per heavy atom. The predicted molar refractivity (Wildman–Crippen MR) is 150 cm³/mol. The molecule has 1 N–H and O–H groups in total. The highest BCUT2D eigenvalue weighted by Gasteiger charge is 2.33. The standard InChI is InChI=1S/C29H35N3O6S/c1-21(2)30-29(34)22(3)31(19-23-15-17-24(37-4)18-16-23)28(33)20-32(26-13-9-10-14-27(26)38-5)39(35,36)25-11-7-6-8-12-25/h6-18,21-22H,19-20H2,1-5H3,(H,30,34). The minimum atomic E-state index is -4.17. The Balaban J connectivity index is 2.05. The molecule has 0 aliphatic rings. The average Bonchev–Trinajstić information content (AvgIpc) is 2.94. The van der Waals surface area contributed by atoms with Crippen LogP contribution in [0.5, 0.6) is 11.5 Å². The van der Waals surface area contributed by atoms with E-state index in [4.69, 9.17) is 9.47 Å². The summed E-state index contributed by atoms with van der Waals surface area (Å²) in [6.45, 7) is 4.82. The van der Waals surface area contributed by atoms with Crippen molar-refractivity contribution in [3.63, 3.8) is 0 Å². The Kier molecular flexibility index (Phi) is 9.95. The highest BCUT2D eigenvalue weighted by Crippen LogP contribution is 2.32. The Morgan fingerprint density at radius 2 is 1.46 bits per heavy atom. The van der Waals surface area contributed by atoms with Crippen molar-refractivity contribution >= 4 is 27.5 Å². The fraction of sp³-hybridized carbons (Fsp3) is 0.310. The van der Waals surface area contributed by atoms with E-state index in [2.05, 4.69) is 5.32 Å². The van der Waals surface area contributed by atoms with E-state index in [1.165, 1.54) is 24.1 Å². The van der Waals surface area contributed by atoms with Crippen LogP contribution < -0.4 is 19.1 Å². The van der Waals surface area contributed by atoms with Crippen LogP contribution in [-0.4, -0.2) is 58.0 Å². The summed E-state index contributed by atoms with van der Waals surface area (Å²) in [6, 6.07) is 20.6. The zero-order valence-corrected chi connectivity index (χ0v) is 23.6. The van der Waals surface area contributed by atoms with Crippen LogP contribution in [0.2, 0.25) is 0 Å². The van der Waals surface area contributed by atoms with E-state index in [9.17, 15) is 18.0 Å². The van der Waals surface area contributed by atoms with Crippen molar-refractivity contribution in [2.24, 2.45) is 0 Å². The van der Waals surface area contributed by atoms with Crippen LogP contribution in [0.4, 0.5) is 5.69 Å². The first-order chi connectivity index (χ1) is 18.6. The molecule has 1 atom stereocenters. The molecule has 3 aromatic carbocycles. The number of hydrogen-bond donors (Lipinski definition) is 1. The van der Waals surface area contributed by atoms with E-state index in [-0.39, 0.29) is 34.8 Å². The molecule has 0 bridgehead atoms. The van der Waals surface area contributed by atoms with Crippen LogP contribution in [0.25, 0.3) is 0 Å². The van der Waals surface area contributed by atoms with Crippen molar-refractivity contribution in [2.75, 3.05) is 25.1 Å². The lowest BCUT2D eigenvalue weighted by Gasteiger charge is -2.32. The molecule has 0 heterocycles. The third-order valence-electron chi connectivity index (χ3n) is 6.07. The summed E-state index contributed by atoms with van der Waals surface area (Å²) in [7, 11) is -1.18. The van der Waals surface area contributed by atoms with Crippen molar-refractivity contribution in [2.45, 2.75) is 44.3 Å². The van der Waals surface area contributed by atoms with Gasteiger partial charge in [-0.2, -0.15) is 0 Å².